The van der Waals surface area contributed by atoms with E-state index in [-0.39, 0.29) is 23.5 Å². The lowest BCUT2D eigenvalue weighted by atomic mass is 9.89. The van der Waals surface area contributed by atoms with Crippen molar-refractivity contribution < 1.29 is 18.3 Å². The number of carbonyl (C=O) groups is 1. The summed E-state index contributed by atoms with van der Waals surface area (Å²) in [6.45, 7) is 3.90. The van der Waals surface area contributed by atoms with Crippen molar-refractivity contribution in [2.75, 3.05) is 6.54 Å². The zero-order valence-electron chi connectivity index (χ0n) is 14.0. The molecule has 2 aliphatic rings. The summed E-state index contributed by atoms with van der Waals surface area (Å²) >= 11 is 0. The number of aliphatic carboxylic acids is 1. The van der Waals surface area contributed by atoms with Gasteiger partial charge in [0.15, 0.2) is 5.03 Å². The van der Waals surface area contributed by atoms with Crippen LogP contribution in [0.2, 0.25) is 0 Å². The molecule has 0 radical (unpaired) electrons. The number of carboxylic acids is 1. The average molecular weight is 356 g/mol. The fourth-order valence-corrected chi connectivity index (χ4v) is 5.80. The predicted molar refractivity (Wildman–Crippen MR) is 85.8 cm³/mol. The summed E-state index contributed by atoms with van der Waals surface area (Å²) in [4.78, 5) is 11.7. The third-order valence-corrected chi connectivity index (χ3v) is 7.09. The largest absolute Gasteiger partial charge is 0.480 e. The molecule has 1 aromatic rings. The maximum atomic E-state index is 13.1. The normalized spacial score (nSPS) is 26.5. The lowest BCUT2D eigenvalue weighted by molar-refractivity contribution is -0.140. The molecule has 0 aromatic carbocycles. The lowest BCUT2D eigenvalue weighted by Crippen LogP contribution is -2.41. The van der Waals surface area contributed by atoms with E-state index in [1.165, 1.54) is 10.9 Å². The average Bonchev–Trinajstić information content (AvgIpc) is 3.25. The van der Waals surface area contributed by atoms with E-state index < -0.39 is 22.0 Å². The smallest absolute Gasteiger partial charge is 0.322 e. The Balaban J connectivity index is 1.92. The number of carboxylic acid groups (broad SMARTS) is 1. The quantitative estimate of drug-likeness (QED) is 0.857. The molecule has 134 valence electrons. The van der Waals surface area contributed by atoms with Crippen molar-refractivity contribution in [3.63, 3.8) is 0 Å². The predicted octanol–water partition coefficient (Wildman–Crippen LogP) is 1.51. The maximum Gasteiger partial charge on any atom is 0.322 e. The van der Waals surface area contributed by atoms with Gasteiger partial charge in [-0.25, -0.2) is 13.1 Å². The molecule has 1 N–H and O–H groups in total. The van der Waals surface area contributed by atoms with Crippen molar-refractivity contribution in [3.8, 4) is 0 Å². The molecule has 1 aromatic heterocycles. The maximum absolute atomic E-state index is 13.1. The van der Waals surface area contributed by atoms with Gasteiger partial charge in [0.05, 0.1) is 6.20 Å². The summed E-state index contributed by atoms with van der Waals surface area (Å²) < 4.78 is 28.6. The Labute approximate surface area is 141 Å². The monoisotopic (exact) mass is 356 g/mol. The molecule has 24 heavy (non-hydrogen) atoms. The number of aromatic nitrogens is 3. The van der Waals surface area contributed by atoms with Crippen LogP contribution in [0.1, 0.15) is 52.0 Å². The van der Waals surface area contributed by atoms with Crippen LogP contribution in [0.4, 0.5) is 0 Å². The van der Waals surface area contributed by atoms with Gasteiger partial charge in [-0.3, -0.25) is 4.79 Å². The van der Waals surface area contributed by atoms with Crippen molar-refractivity contribution in [3.05, 3.63) is 6.20 Å². The molecule has 3 rings (SSSR count). The van der Waals surface area contributed by atoms with Crippen LogP contribution in [0.3, 0.4) is 0 Å². The minimum absolute atomic E-state index is 0.0316. The summed E-state index contributed by atoms with van der Waals surface area (Å²) in [5, 5.41) is 17.0. The van der Waals surface area contributed by atoms with Gasteiger partial charge in [0.25, 0.3) is 10.0 Å². The molecule has 1 saturated carbocycles. The Hall–Kier alpha value is -1.48. The summed E-state index contributed by atoms with van der Waals surface area (Å²) in [6, 6.07) is -1.18. The number of sulfonamides is 1. The van der Waals surface area contributed by atoms with Crippen LogP contribution >= 0.6 is 0 Å². The summed E-state index contributed by atoms with van der Waals surface area (Å²) in [7, 11) is -3.94. The summed E-state index contributed by atoms with van der Waals surface area (Å²) in [5.41, 5.74) is 0. The molecule has 2 fully saturated rings. The lowest BCUT2D eigenvalue weighted by Gasteiger charge is -2.22. The van der Waals surface area contributed by atoms with E-state index in [4.69, 9.17) is 0 Å². The van der Waals surface area contributed by atoms with Gasteiger partial charge in [0.1, 0.15) is 6.04 Å². The molecule has 9 heteroatoms. The van der Waals surface area contributed by atoms with Gasteiger partial charge in [0, 0.05) is 12.6 Å². The molecule has 0 spiro atoms. The molecule has 1 saturated heterocycles. The molecule has 0 amide bonds. The Morgan fingerprint density at radius 1 is 1.29 bits per heavy atom. The van der Waals surface area contributed by atoms with E-state index in [1.807, 2.05) is 13.8 Å². The molecule has 2 heterocycles. The van der Waals surface area contributed by atoms with Crippen LogP contribution < -0.4 is 0 Å². The Morgan fingerprint density at radius 2 is 1.96 bits per heavy atom. The van der Waals surface area contributed by atoms with Crippen molar-refractivity contribution >= 4 is 16.0 Å². The standard InChI is InChI=1S/C15H24N4O4S/c1-10(2)19-14(8-16-17-19)24(22,23)18-9-12(7-13(18)15(20)21)11-5-3-4-6-11/h8,10-13H,3-7,9H2,1-2H3,(H,20,21). The number of nitrogens with zero attached hydrogens (tertiary/aromatic N) is 4. The van der Waals surface area contributed by atoms with Crippen molar-refractivity contribution in [2.45, 2.75) is 63.1 Å². The van der Waals surface area contributed by atoms with Gasteiger partial charge in [-0.15, -0.1) is 5.10 Å². The molecule has 0 bridgehead atoms. The second-order valence-electron chi connectivity index (χ2n) is 7.08. The highest BCUT2D eigenvalue weighted by Gasteiger charge is 2.47. The number of hydrogen-bond donors (Lipinski definition) is 1. The van der Waals surface area contributed by atoms with Crippen LogP contribution in [0, 0.1) is 11.8 Å². The second-order valence-corrected chi connectivity index (χ2v) is 8.92. The van der Waals surface area contributed by atoms with E-state index >= 15 is 0 Å². The van der Waals surface area contributed by atoms with Gasteiger partial charge in [-0.2, -0.15) is 4.31 Å². The highest BCUT2D eigenvalue weighted by atomic mass is 32.2. The molecular formula is C15H24N4O4S. The molecule has 1 aliphatic heterocycles. The van der Waals surface area contributed by atoms with E-state index in [0.717, 1.165) is 30.0 Å². The van der Waals surface area contributed by atoms with Crippen LogP contribution in [0.5, 0.6) is 0 Å². The van der Waals surface area contributed by atoms with Crippen LogP contribution in [0.25, 0.3) is 0 Å². The number of hydrogen-bond acceptors (Lipinski definition) is 5. The first-order valence-corrected chi connectivity index (χ1v) is 9.91. The molecular weight excluding hydrogens is 332 g/mol. The SMILES string of the molecule is CC(C)n1nncc1S(=O)(=O)N1CC(C2CCCC2)CC1C(=O)O. The summed E-state index contributed by atoms with van der Waals surface area (Å²) in [5.74, 6) is -0.533. The first-order valence-electron chi connectivity index (χ1n) is 8.47. The van der Waals surface area contributed by atoms with Crippen molar-refractivity contribution in [2.24, 2.45) is 11.8 Å². The van der Waals surface area contributed by atoms with Gasteiger partial charge < -0.3 is 5.11 Å². The van der Waals surface area contributed by atoms with Gasteiger partial charge in [-0.05, 0) is 32.1 Å². The Morgan fingerprint density at radius 3 is 2.54 bits per heavy atom. The van der Waals surface area contributed by atoms with Crippen LogP contribution in [0.15, 0.2) is 11.2 Å². The second kappa shape index (κ2) is 6.44. The molecule has 2 unspecified atom stereocenters. The zero-order chi connectivity index (χ0) is 17.5. The van der Waals surface area contributed by atoms with Gasteiger partial charge >= 0.3 is 5.97 Å². The van der Waals surface area contributed by atoms with Gasteiger partial charge in [0.2, 0.25) is 0 Å². The van der Waals surface area contributed by atoms with E-state index in [1.54, 1.807) is 0 Å². The van der Waals surface area contributed by atoms with E-state index in [2.05, 4.69) is 10.3 Å². The first-order chi connectivity index (χ1) is 11.3. The minimum Gasteiger partial charge on any atom is -0.480 e. The Kier molecular flexibility index (Phi) is 4.65. The highest BCUT2D eigenvalue weighted by Crippen LogP contribution is 2.40. The molecule has 1 aliphatic carbocycles. The third kappa shape index (κ3) is 2.95. The van der Waals surface area contributed by atoms with Crippen LogP contribution in [-0.4, -0.2) is 51.4 Å². The highest BCUT2D eigenvalue weighted by molar-refractivity contribution is 7.89. The van der Waals surface area contributed by atoms with Crippen molar-refractivity contribution in [1.29, 1.82) is 0 Å². The fraction of sp³-hybridized carbons (Fsp3) is 0.800. The third-order valence-electron chi connectivity index (χ3n) is 5.24. The first kappa shape index (κ1) is 17.3. The number of rotatable bonds is 5. The van der Waals surface area contributed by atoms with Crippen molar-refractivity contribution in [1.82, 2.24) is 19.3 Å². The topological polar surface area (TPSA) is 105 Å². The van der Waals surface area contributed by atoms with E-state index in [0.29, 0.717) is 12.3 Å². The zero-order valence-corrected chi connectivity index (χ0v) is 14.8. The Bertz CT molecular complexity index is 709. The van der Waals surface area contributed by atoms with Crippen LogP contribution in [-0.2, 0) is 14.8 Å². The van der Waals surface area contributed by atoms with E-state index in [9.17, 15) is 18.3 Å². The molecule has 8 nitrogen and oxygen atoms in total. The fourth-order valence-electron chi connectivity index (χ4n) is 3.99. The summed E-state index contributed by atoms with van der Waals surface area (Å²) in [6.07, 6.45) is 6.03. The minimum atomic E-state index is -3.94. The van der Waals surface area contributed by atoms with Gasteiger partial charge in [-0.1, -0.05) is 30.9 Å². The molecule has 2 atom stereocenters.